The zero-order valence-electron chi connectivity index (χ0n) is 16.4. The minimum atomic E-state index is -1.36. The molecule has 2 aliphatic rings. The molecule has 0 radical (unpaired) electrons. The van der Waals surface area contributed by atoms with Crippen molar-refractivity contribution in [1.82, 2.24) is 15.5 Å². The highest BCUT2D eigenvalue weighted by Gasteiger charge is 2.50. The van der Waals surface area contributed by atoms with Gasteiger partial charge < -0.3 is 10.6 Å². The molecule has 1 heterocycles. The van der Waals surface area contributed by atoms with Gasteiger partial charge in [-0.25, -0.2) is 4.79 Å². The maximum Gasteiger partial charge on any atom is 0.325 e. The second-order valence-electron chi connectivity index (χ2n) is 7.99. The highest BCUT2D eigenvalue weighted by molar-refractivity contribution is 6.35. The number of hydrogen-bond donors (Lipinski definition) is 2. The van der Waals surface area contributed by atoms with Crippen molar-refractivity contribution in [1.29, 1.82) is 0 Å². The lowest BCUT2D eigenvalue weighted by Crippen LogP contribution is -2.44. The Morgan fingerprint density at radius 3 is 2.47 bits per heavy atom. The Labute approximate surface area is 184 Å². The van der Waals surface area contributed by atoms with Gasteiger partial charge in [-0.1, -0.05) is 59.6 Å². The average Bonchev–Trinajstić information content (AvgIpc) is 3.47. The van der Waals surface area contributed by atoms with Crippen LogP contribution in [0.25, 0.3) is 0 Å². The molecule has 2 aromatic carbocycles. The van der Waals surface area contributed by atoms with Crippen LogP contribution in [0.2, 0.25) is 10.0 Å². The first-order chi connectivity index (χ1) is 14.2. The van der Waals surface area contributed by atoms with Gasteiger partial charge in [-0.15, -0.1) is 0 Å². The monoisotopic (exact) mass is 445 g/mol. The molecule has 1 saturated heterocycles. The van der Waals surface area contributed by atoms with Gasteiger partial charge in [-0.05, 0) is 37.5 Å². The Hall–Kier alpha value is -2.57. The summed E-state index contributed by atoms with van der Waals surface area (Å²) in [6.45, 7) is 1.69. The molecule has 8 heteroatoms. The Bertz CT molecular complexity index is 1020. The zero-order valence-corrected chi connectivity index (χ0v) is 17.9. The quantitative estimate of drug-likeness (QED) is 0.666. The van der Waals surface area contributed by atoms with E-state index in [1.807, 2.05) is 18.2 Å². The number of amides is 4. The van der Waals surface area contributed by atoms with Crippen LogP contribution in [0.4, 0.5) is 4.79 Å². The van der Waals surface area contributed by atoms with Crippen molar-refractivity contribution in [3.63, 3.8) is 0 Å². The molecule has 2 aromatic rings. The molecule has 1 aliphatic carbocycles. The highest BCUT2D eigenvalue weighted by Crippen LogP contribution is 2.47. The summed E-state index contributed by atoms with van der Waals surface area (Å²) >= 11 is 12.2. The average molecular weight is 446 g/mol. The number of carbonyl (C=O) groups is 3. The van der Waals surface area contributed by atoms with Crippen molar-refractivity contribution in [3.05, 3.63) is 69.7 Å². The summed E-state index contributed by atoms with van der Waals surface area (Å²) in [6, 6.07) is 14.1. The van der Waals surface area contributed by atoms with E-state index in [1.165, 1.54) is 11.6 Å². The lowest BCUT2D eigenvalue weighted by Gasteiger charge is -2.23. The van der Waals surface area contributed by atoms with E-state index in [2.05, 4.69) is 22.8 Å². The fraction of sp³-hybridized carbons (Fsp3) is 0.318. The van der Waals surface area contributed by atoms with Crippen molar-refractivity contribution < 1.29 is 14.4 Å². The molecule has 2 fully saturated rings. The number of nitrogens with zero attached hydrogens (tertiary/aromatic N) is 1. The van der Waals surface area contributed by atoms with Gasteiger partial charge >= 0.3 is 6.03 Å². The van der Waals surface area contributed by atoms with Crippen LogP contribution in [0.1, 0.15) is 30.9 Å². The van der Waals surface area contributed by atoms with E-state index in [1.54, 1.807) is 19.1 Å². The third-order valence-electron chi connectivity index (χ3n) is 5.91. The van der Waals surface area contributed by atoms with Gasteiger partial charge in [0.15, 0.2) is 0 Å². The summed E-state index contributed by atoms with van der Waals surface area (Å²) in [5.74, 6) is -0.914. The Kier molecular flexibility index (Phi) is 5.24. The van der Waals surface area contributed by atoms with Crippen LogP contribution < -0.4 is 10.6 Å². The standard InChI is InChI=1S/C22H21Cl2N3O3/c1-21(16-8-7-15(23)11-17(16)24)19(29)27(20(30)26-21)12-18(28)25-13-22(9-10-22)14-5-3-2-4-6-14/h2-8,11H,9-10,12-13H2,1H3,(H,25,28)(H,26,30). The van der Waals surface area contributed by atoms with Crippen LogP contribution in [0.3, 0.4) is 0 Å². The predicted octanol–water partition coefficient (Wildman–Crippen LogP) is 3.61. The summed E-state index contributed by atoms with van der Waals surface area (Å²) in [4.78, 5) is 38.9. The summed E-state index contributed by atoms with van der Waals surface area (Å²) < 4.78 is 0. The van der Waals surface area contributed by atoms with Gasteiger partial charge in [0.2, 0.25) is 5.91 Å². The molecule has 6 nitrogen and oxygen atoms in total. The van der Waals surface area contributed by atoms with Crippen LogP contribution in [-0.2, 0) is 20.5 Å². The number of rotatable bonds is 6. The summed E-state index contributed by atoms with van der Waals surface area (Å²) in [7, 11) is 0. The molecule has 0 bridgehead atoms. The number of benzene rings is 2. The molecule has 4 rings (SSSR count). The molecule has 1 atom stereocenters. The topological polar surface area (TPSA) is 78.5 Å². The molecule has 0 aromatic heterocycles. The maximum absolute atomic E-state index is 13.0. The minimum Gasteiger partial charge on any atom is -0.354 e. The second-order valence-corrected chi connectivity index (χ2v) is 8.84. The third-order valence-corrected chi connectivity index (χ3v) is 6.46. The fourth-order valence-corrected chi connectivity index (χ4v) is 4.49. The number of halogens is 2. The van der Waals surface area contributed by atoms with Crippen molar-refractivity contribution in [2.45, 2.75) is 30.7 Å². The largest absolute Gasteiger partial charge is 0.354 e. The number of nitrogens with one attached hydrogen (secondary N) is 2. The molecule has 1 unspecified atom stereocenters. The van der Waals surface area contributed by atoms with Crippen molar-refractivity contribution in [3.8, 4) is 0 Å². The number of carbonyl (C=O) groups excluding carboxylic acids is 3. The van der Waals surface area contributed by atoms with Crippen LogP contribution >= 0.6 is 23.2 Å². The second kappa shape index (κ2) is 7.60. The molecule has 156 valence electrons. The molecule has 30 heavy (non-hydrogen) atoms. The van der Waals surface area contributed by atoms with E-state index in [9.17, 15) is 14.4 Å². The highest BCUT2D eigenvalue weighted by atomic mass is 35.5. The Morgan fingerprint density at radius 1 is 1.13 bits per heavy atom. The lowest BCUT2D eigenvalue weighted by molar-refractivity contribution is -0.134. The third kappa shape index (κ3) is 3.66. The van der Waals surface area contributed by atoms with Crippen molar-refractivity contribution >= 4 is 41.0 Å². The van der Waals surface area contributed by atoms with Crippen LogP contribution in [-0.4, -0.2) is 35.8 Å². The minimum absolute atomic E-state index is 0.0560. The predicted molar refractivity (Wildman–Crippen MR) is 114 cm³/mol. The summed E-state index contributed by atoms with van der Waals surface area (Å²) in [5.41, 5.74) is 0.196. The number of hydrogen-bond acceptors (Lipinski definition) is 3. The van der Waals surface area contributed by atoms with Gasteiger partial charge in [0.05, 0.1) is 0 Å². The lowest BCUT2D eigenvalue weighted by atomic mass is 9.92. The molecular formula is C22H21Cl2N3O3. The molecule has 1 saturated carbocycles. The first kappa shape index (κ1) is 20.7. The molecule has 4 amide bonds. The van der Waals surface area contributed by atoms with Crippen molar-refractivity contribution in [2.24, 2.45) is 0 Å². The first-order valence-corrected chi connectivity index (χ1v) is 10.4. The summed E-state index contributed by atoms with van der Waals surface area (Å²) in [6.07, 6.45) is 1.99. The molecular weight excluding hydrogens is 425 g/mol. The number of urea groups is 1. The van der Waals surface area contributed by atoms with Gasteiger partial charge in [0.1, 0.15) is 12.1 Å². The van der Waals surface area contributed by atoms with Gasteiger partial charge in [-0.3, -0.25) is 14.5 Å². The van der Waals surface area contributed by atoms with Gasteiger partial charge in [0.25, 0.3) is 5.91 Å². The van der Waals surface area contributed by atoms with E-state index in [-0.39, 0.29) is 22.9 Å². The molecule has 0 spiro atoms. The zero-order chi connectivity index (χ0) is 21.5. The van der Waals surface area contributed by atoms with E-state index >= 15 is 0 Å². The maximum atomic E-state index is 13.0. The van der Waals surface area contributed by atoms with Gasteiger partial charge in [-0.2, -0.15) is 0 Å². The van der Waals surface area contributed by atoms with Crippen LogP contribution in [0.15, 0.2) is 48.5 Å². The van der Waals surface area contributed by atoms with E-state index in [4.69, 9.17) is 23.2 Å². The van der Waals surface area contributed by atoms with Crippen LogP contribution in [0.5, 0.6) is 0 Å². The smallest absolute Gasteiger partial charge is 0.325 e. The van der Waals surface area contributed by atoms with E-state index in [0.29, 0.717) is 17.1 Å². The Morgan fingerprint density at radius 2 is 1.83 bits per heavy atom. The molecule has 1 aliphatic heterocycles. The van der Waals surface area contributed by atoms with E-state index in [0.717, 1.165) is 17.7 Å². The normalized spacial score (nSPS) is 22.0. The first-order valence-electron chi connectivity index (χ1n) is 9.67. The summed E-state index contributed by atoms with van der Waals surface area (Å²) in [5, 5.41) is 6.23. The van der Waals surface area contributed by atoms with Crippen LogP contribution in [0, 0.1) is 0 Å². The molecule has 2 N–H and O–H groups in total. The fourth-order valence-electron chi connectivity index (χ4n) is 3.90. The van der Waals surface area contributed by atoms with Gasteiger partial charge in [0, 0.05) is 27.6 Å². The van der Waals surface area contributed by atoms with E-state index < -0.39 is 17.5 Å². The van der Waals surface area contributed by atoms with Crippen molar-refractivity contribution in [2.75, 3.05) is 13.1 Å². The SMILES string of the molecule is CC1(c2ccc(Cl)cc2Cl)NC(=O)N(CC(=O)NCC2(c3ccccc3)CC2)C1=O. The number of imide groups is 1. The Balaban J connectivity index is 1.43.